The van der Waals surface area contributed by atoms with E-state index in [9.17, 15) is 4.79 Å². The molecule has 4 aromatic rings. The number of nitrogens with one attached hydrogen (secondary N) is 1. The summed E-state index contributed by atoms with van der Waals surface area (Å²) in [7, 11) is 2.02. The molecular formula is C26H29N7OS. The van der Waals surface area contributed by atoms with Gasteiger partial charge in [-0.2, -0.15) is 0 Å². The topological polar surface area (TPSA) is 77.5 Å². The minimum atomic E-state index is 0.530. The average Bonchev–Trinajstić information content (AvgIpc) is 3.28. The molecule has 180 valence electrons. The van der Waals surface area contributed by atoms with Gasteiger partial charge in [-0.05, 0) is 42.8 Å². The molecule has 4 heterocycles. The van der Waals surface area contributed by atoms with Crippen molar-refractivity contribution in [3.05, 3.63) is 65.9 Å². The van der Waals surface area contributed by atoms with E-state index >= 15 is 0 Å². The first-order chi connectivity index (χ1) is 17.1. The van der Waals surface area contributed by atoms with E-state index in [0.717, 1.165) is 71.8 Å². The molecule has 0 unspecified atom stereocenters. The third-order valence-corrected chi connectivity index (χ3v) is 7.15. The molecule has 0 amide bonds. The zero-order valence-corrected chi connectivity index (χ0v) is 20.8. The number of anilines is 4. The number of pyridine rings is 2. The molecule has 0 bridgehead atoms. The molecule has 1 N–H and O–H groups in total. The lowest BCUT2D eigenvalue weighted by atomic mass is 10.2. The fraction of sp³-hybridized carbons (Fsp3) is 0.308. The Morgan fingerprint density at radius 1 is 1.00 bits per heavy atom. The highest BCUT2D eigenvalue weighted by molar-refractivity contribution is 7.21. The largest absolute Gasteiger partial charge is 0.329 e. The van der Waals surface area contributed by atoms with Gasteiger partial charge >= 0.3 is 0 Å². The number of fused-ring (bicyclic) bond motifs is 1. The van der Waals surface area contributed by atoms with Gasteiger partial charge in [0.25, 0.3) is 0 Å². The number of carbonyl (C=O) groups excluding carboxylic acids is 1. The molecule has 0 radical (unpaired) electrons. The Kier molecular flexibility index (Phi) is 6.98. The van der Waals surface area contributed by atoms with E-state index in [4.69, 9.17) is 4.98 Å². The van der Waals surface area contributed by atoms with E-state index in [1.807, 2.05) is 31.4 Å². The van der Waals surface area contributed by atoms with Crippen LogP contribution in [0.25, 0.3) is 10.3 Å². The Morgan fingerprint density at radius 3 is 2.49 bits per heavy atom. The van der Waals surface area contributed by atoms with Gasteiger partial charge in [-0.15, -0.1) is 0 Å². The molecule has 8 nitrogen and oxygen atoms in total. The van der Waals surface area contributed by atoms with Crippen LogP contribution in [0, 0.1) is 6.92 Å². The zero-order valence-electron chi connectivity index (χ0n) is 20.0. The summed E-state index contributed by atoms with van der Waals surface area (Å²) in [6, 6.07) is 16.5. The van der Waals surface area contributed by atoms with Crippen LogP contribution < -0.4 is 10.2 Å². The number of benzene rings is 1. The minimum absolute atomic E-state index is 0.530. The number of aryl methyl sites for hydroxylation is 1. The van der Waals surface area contributed by atoms with Crippen molar-refractivity contribution in [1.29, 1.82) is 0 Å². The van der Waals surface area contributed by atoms with Crippen LogP contribution in [0.15, 0.2) is 54.7 Å². The lowest BCUT2D eigenvalue weighted by molar-refractivity contribution is -0.109. The van der Waals surface area contributed by atoms with E-state index in [1.165, 1.54) is 22.5 Å². The predicted octanol–water partition coefficient (Wildman–Crippen LogP) is 4.22. The molecule has 5 rings (SSSR count). The molecule has 0 aliphatic carbocycles. The van der Waals surface area contributed by atoms with Gasteiger partial charge in [0, 0.05) is 51.7 Å². The number of nitrogens with zero attached hydrogens (tertiary/aromatic N) is 6. The second-order valence-electron chi connectivity index (χ2n) is 8.83. The summed E-state index contributed by atoms with van der Waals surface area (Å²) in [4.78, 5) is 32.3. The smallest absolute Gasteiger partial charge is 0.190 e. The summed E-state index contributed by atoms with van der Waals surface area (Å²) in [5, 5.41) is 4.09. The Labute approximate surface area is 209 Å². The van der Waals surface area contributed by atoms with Crippen LogP contribution >= 0.6 is 11.3 Å². The maximum Gasteiger partial charge on any atom is 0.190 e. The molecule has 0 saturated carbocycles. The number of piperazine rings is 1. The normalized spacial score (nSPS) is 14.8. The SMILES string of the molecule is Cc1ccc(N(C)c2ccc3nc(Nc4ccc(CN5CCN(CC=O)CC5)cn4)sc3n2)cc1. The molecule has 1 fully saturated rings. The van der Waals surface area contributed by atoms with Crippen molar-refractivity contribution in [1.82, 2.24) is 24.8 Å². The van der Waals surface area contributed by atoms with E-state index in [2.05, 4.69) is 67.2 Å². The molecule has 1 saturated heterocycles. The Morgan fingerprint density at radius 2 is 1.77 bits per heavy atom. The molecule has 1 aliphatic rings. The van der Waals surface area contributed by atoms with Gasteiger partial charge in [0.1, 0.15) is 28.3 Å². The van der Waals surface area contributed by atoms with Crippen molar-refractivity contribution in [2.45, 2.75) is 13.5 Å². The van der Waals surface area contributed by atoms with Crippen LogP contribution in [0.2, 0.25) is 0 Å². The summed E-state index contributed by atoms with van der Waals surface area (Å²) in [6.45, 7) is 7.27. The lowest BCUT2D eigenvalue weighted by Gasteiger charge is -2.33. The second-order valence-corrected chi connectivity index (χ2v) is 9.80. The Hall–Kier alpha value is -3.40. The van der Waals surface area contributed by atoms with Crippen LogP contribution in [0.1, 0.15) is 11.1 Å². The monoisotopic (exact) mass is 487 g/mol. The number of aldehydes is 1. The molecule has 35 heavy (non-hydrogen) atoms. The summed E-state index contributed by atoms with van der Waals surface area (Å²) in [5.74, 6) is 1.65. The van der Waals surface area contributed by atoms with Crippen molar-refractivity contribution in [3.8, 4) is 0 Å². The van der Waals surface area contributed by atoms with E-state index < -0.39 is 0 Å². The van der Waals surface area contributed by atoms with Crippen molar-refractivity contribution in [3.63, 3.8) is 0 Å². The van der Waals surface area contributed by atoms with E-state index in [-0.39, 0.29) is 0 Å². The standard InChI is InChI=1S/C26H29N7OS/c1-19-3-6-21(7-4-19)31(2)24-10-8-22-25(30-24)35-26(28-22)29-23-9-5-20(17-27-23)18-33-13-11-32(12-14-33)15-16-34/h3-10,16-17H,11-15,18H2,1-2H3,(H,27,28,29). The van der Waals surface area contributed by atoms with Gasteiger partial charge in [0.05, 0.1) is 6.54 Å². The average molecular weight is 488 g/mol. The number of carbonyl (C=O) groups is 1. The van der Waals surface area contributed by atoms with Gasteiger partial charge in [-0.25, -0.2) is 15.0 Å². The molecule has 1 aromatic carbocycles. The molecular weight excluding hydrogens is 458 g/mol. The summed E-state index contributed by atoms with van der Waals surface area (Å²) < 4.78 is 0. The highest BCUT2D eigenvalue weighted by atomic mass is 32.1. The summed E-state index contributed by atoms with van der Waals surface area (Å²) >= 11 is 1.52. The van der Waals surface area contributed by atoms with Crippen molar-refractivity contribution < 1.29 is 4.79 Å². The second kappa shape index (κ2) is 10.5. The lowest BCUT2D eigenvalue weighted by Crippen LogP contribution is -2.46. The van der Waals surface area contributed by atoms with Crippen molar-refractivity contribution >= 4 is 50.4 Å². The number of thiazole rings is 1. The maximum absolute atomic E-state index is 10.7. The van der Waals surface area contributed by atoms with Gasteiger partial charge in [0.15, 0.2) is 5.13 Å². The first-order valence-corrected chi connectivity index (χ1v) is 12.6. The molecule has 0 spiro atoms. The van der Waals surface area contributed by atoms with Crippen LogP contribution in [0.3, 0.4) is 0 Å². The predicted molar refractivity (Wildman–Crippen MR) is 142 cm³/mol. The first kappa shape index (κ1) is 23.3. The molecule has 0 atom stereocenters. The molecule has 9 heteroatoms. The molecule has 3 aromatic heterocycles. The minimum Gasteiger partial charge on any atom is -0.329 e. The van der Waals surface area contributed by atoms with Gasteiger partial charge in [-0.3, -0.25) is 9.80 Å². The van der Waals surface area contributed by atoms with Crippen molar-refractivity contribution in [2.75, 3.05) is 50.0 Å². The fourth-order valence-electron chi connectivity index (χ4n) is 4.14. The van der Waals surface area contributed by atoms with E-state index in [0.29, 0.717) is 6.54 Å². The number of aromatic nitrogens is 3. The van der Waals surface area contributed by atoms with Gasteiger partial charge < -0.3 is 15.0 Å². The Bertz CT molecular complexity index is 1280. The Balaban J connectivity index is 1.22. The van der Waals surface area contributed by atoms with Crippen LogP contribution in [-0.4, -0.2) is 70.8 Å². The number of hydrogen-bond acceptors (Lipinski definition) is 9. The summed E-state index contributed by atoms with van der Waals surface area (Å²) in [5.41, 5.74) is 4.37. The third-order valence-electron chi connectivity index (χ3n) is 6.27. The highest BCUT2D eigenvalue weighted by Crippen LogP contribution is 2.30. The highest BCUT2D eigenvalue weighted by Gasteiger charge is 2.16. The zero-order chi connectivity index (χ0) is 24.2. The van der Waals surface area contributed by atoms with E-state index in [1.54, 1.807) is 0 Å². The van der Waals surface area contributed by atoms with Crippen LogP contribution in [-0.2, 0) is 11.3 Å². The van der Waals surface area contributed by atoms with Crippen molar-refractivity contribution in [2.24, 2.45) is 0 Å². The van der Waals surface area contributed by atoms with Crippen LogP contribution in [0.5, 0.6) is 0 Å². The van der Waals surface area contributed by atoms with Crippen LogP contribution in [0.4, 0.5) is 22.5 Å². The number of hydrogen-bond donors (Lipinski definition) is 1. The fourth-order valence-corrected chi connectivity index (χ4v) is 4.98. The summed E-state index contributed by atoms with van der Waals surface area (Å²) in [6.07, 6.45) is 2.90. The first-order valence-electron chi connectivity index (χ1n) is 11.8. The molecule has 1 aliphatic heterocycles. The maximum atomic E-state index is 10.7. The van der Waals surface area contributed by atoms with Gasteiger partial charge in [0.2, 0.25) is 0 Å². The number of rotatable bonds is 8. The van der Waals surface area contributed by atoms with Gasteiger partial charge in [-0.1, -0.05) is 35.1 Å². The third kappa shape index (κ3) is 5.64. The quantitative estimate of drug-likeness (QED) is 0.370.